The van der Waals surface area contributed by atoms with E-state index < -0.39 is 17.8 Å². The lowest BCUT2D eigenvalue weighted by Gasteiger charge is -2.24. The molecule has 1 unspecified atom stereocenters. The van der Waals surface area contributed by atoms with Gasteiger partial charge < -0.3 is 9.90 Å². The fraction of sp³-hybridized carbons (Fsp3) is 0.458. The van der Waals surface area contributed by atoms with E-state index in [1.54, 1.807) is 24.3 Å². The van der Waals surface area contributed by atoms with E-state index in [0.717, 1.165) is 44.0 Å². The molecule has 1 atom stereocenters. The van der Waals surface area contributed by atoms with Gasteiger partial charge in [-0.2, -0.15) is 0 Å². The van der Waals surface area contributed by atoms with E-state index >= 15 is 0 Å². The van der Waals surface area contributed by atoms with Crippen LogP contribution in [0.1, 0.15) is 69.1 Å². The van der Waals surface area contributed by atoms with E-state index in [-0.39, 0.29) is 23.8 Å². The first-order valence-corrected chi connectivity index (χ1v) is 10.1. The van der Waals surface area contributed by atoms with Crippen LogP contribution in [-0.2, 0) is 4.79 Å². The molecule has 2 nitrogen and oxygen atoms in total. The topological polar surface area (TPSA) is 37.3 Å². The van der Waals surface area contributed by atoms with Crippen molar-refractivity contribution in [2.45, 2.75) is 58.0 Å². The summed E-state index contributed by atoms with van der Waals surface area (Å²) in [7, 11) is 0. The van der Waals surface area contributed by atoms with Gasteiger partial charge in [-0.3, -0.25) is 0 Å². The molecule has 0 aliphatic heterocycles. The Bertz CT molecular complexity index is 711. The van der Waals surface area contributed by atoms with E-state index in [1.165, 1.54) is 12.2 Å². The third-order valence-corrected chi connectivity index (χ3v) is 5.48. The van der Waals surface area contributed by atoms with Crippen LogP contribution in [0.2, 0.25) is 0 Å². The molecule has 1 N–H and O–H groups in total. The van der Waals surface area contributed by atoms with Crippen LogP contribution >= 0.6 is 0 Å². The second-order valence-electron chi connectivity index (χ2n) is 7.58. The number of halogens is 2. The molecular weight excluding hydrogens is 358 g/mol. The van der Waals surface area contributed by atoms with Crippen molar-refractivity contribution in [1.29, 1.82) is 0 Å². The van der Waals surface area contributed by atoms with Crippen LogP contribution in [0.4, 0.5) is 8.78 Å². The zero-order valence-electron chi connectivity index (χ0n) is 16.5. The van der Waals surface area contributed by atoms with Crippen molar-refractivity contribution in [1.82, 2.24) is 0 Å². The van der Waals surface area contributed by atoms with Gasteiger partial charge in [0, 0.05) is 17.9 Å². The SMILES string of the molecule is C=C/C=C(\C(F)=C(\F)CC1CCC(C=O)CC1)c1ccc(C(O)CCC)cc1. The summed E-state index contributed by atoms with van der Waals surface area (Å²) in [6.07, 6.45) is 7.89. The number of aliphatic hydroxyl groups excluding tert-OH is 1. The molecular formula is C24H30F2O2. The molecule has 1 aliphatic carbocycles. The Morgan fingerprint density at radius 3 is 2.39 bits per heavy atom. The summed E-state index contributed by atoms with van der Waals surface area (Å²) in [6.45, 7) is 5.61. The van der Waals surface area contributed by atoms with Crippen molar-refractivity contribution in [3.05, 3.63) is 65.8 Å². The fourth-order valence-corrected chi connectivity index (χ4v) is 3.76. The standard InChI is InChI=1S/C24H30F2O2/c1-3-5-21(19-11-13-20(14-12-19)23(28)6-4-2)24(26)22(25)15-17-7-9-18(16-27)10-8-17/h3,5,11-14,16-18,23,28H,1,4,6-10,15H2,2H3/b21-5-,24-22-. The highest BCUT2D eigenvalue weighted by Crippen LogP contribution is 2.36. The summed E-state index contributed by atoms with van der Waals surface area (Å²) in [5.74, 6) is -1.48. The summed E-state index contributed by atoms with van der Waals surface area (Å²) >= 11 is 0. The highest BCUT2D eigenvalue weighted by molar-refractivity contribution is 5.78. The Morgan fingerprint density at radius 1 is 1.21 bits per heavy atom. The van der Waals surface area contributed by atoms with Gasteiger partial charge in [-0.25, -0.2) is 8.78 Å². The molecule has 0 aromatic heterocycles. The van der Waals surface area contributed by atoms with Crippen molar-refractivity contribution in [3.8, 4) is 0 Å². The van der Waals surface area contributed by atoms with Gasteiger partial charge in [0.25, 0.3) is 0 Å². The van der Waals surface area contributed by atoms with Crippen LogP contribution in [0, 0.1) is 11.8 Å². The summed E-state index contributed by atoms with van der Waals surface area (Å²) in [5.41, 5.74) is 1.47. The maximum atomic E-state index is 14.9. The van der Waals surface area contributed by atoms with Crippen molar-refractivity contribution in [3.63, 3.8) is 0 Å². The molecule has 1 aromatic carbocycles. The van der Waals surface area contributed by atoms with E-state index in [2.05, 4.69) is 6.58 Å². The molecule has 1 saturated carbocycles. The van der Waals surface area contributed by atoms with E-state index in [0.29, 0.717) is 12.0 Å². The highest BCUT2D eigenvalue weighted by atomic mass is 19.2. The second kappa shape index (κ2) is 11.1. The number of benzene rings is 1. The van der Waals surface area contributed by atoms with Crippen LogP contribution in [0.5, 0.6) is 0 Å². The molecule has 0 heterocycles. The molecule has 1 fully saturated rings. The van der Waals surface area contributed by atoms with Gasteiger partial charge in [0.15, 0.2) is 5.83 Å². The van der Waals surface area contributed by atoms with E-state index in [9.17, 15) is 18.7 Å². The second-order valence-corrected chi connectivity index (χ2v) is 7.58. The Balaban J connectivity index is 2.15. The summed E-state index contributed by atoms with van der Waals surface area (Å²) in [5, 5.41) is 10.1. The number of allylic oxidation sites excluding steroid dienone is 5. The van der Waals surface area contributed by atoms with Crippen LogP contribution in [0.15, 0.2) is 54.7 Å². The average molecular weight is 388 g/mol. The first kappa shape index (κ1) is 22.2. The Labute approximate surface area is 166 Å². The minimum absolute atomic E-state index is 0.0548. The largest absolute Gasteiger partial charge is 0.388 e. The van der Waals surface area contributed by atoms with Crippen molar-refractivity contribution >= 4 is 11.9 Å². The number of rotatable bonds is 9. The first-order valence-electron chi connectivity index (χ1n) is 10.1. The lowest BCUT2D eigenvalue weighted by Crippen LogP contribution is -2.15. The monoisotopic (exact) mass is 388 g/mol. The van der Waals surface area contributed by atoms with E-state index in [4.69, 9.17) is 0 Å². The Morgan fingerprint density at radius 2 is 1.86 bits per heavy atom. The molecule has 152 valence electrons. The average Bonchev–Trinajstić information content (AvgIpc) is 2.72. The Kier molecular flexibility index (Phi) is 8.78. The Hall–Kier alpha value is -2.07. The molecule has 28 heavy (non-hydrogen) atoms. The summed E-state index contributed by atoms with van der Waals surface area (Å²) in [4.78, 5) is 10.8. The molecule has 4 heteroatoms. The molecule has 0 saturated heterocycles. The molecule has 0 bridgehead atoms. The van der Waals surface area contributed by atoms with Crippen molar-refractivity contribution < 1.29 is 18.7 Å². The first-order chi connectivity index (χ1) is 13.5. The third-order valence-electron chi connectivity index (χ3n) is 5.48. The van der Waals surface area contributed by atoms with Gasteiger partial charge >= 0.3 is 0 Å². The molecule has 2 rings (SSSR count). The quantitative estimate of drug-likeness (QED) is 0.380. The van der Waals surface area contributed by atoms with Gasteiger partial charge in [0.05, 0.1) is 6.10 Å². The van der Waals surface area contributed by atoms with Gasteiger partial charge in [-0.05, 0) is 49.1 Å². The molecule has 0 spiro atoms. The van der Waals surface area contributed by atoms with E-state index in [1.807, 2.05) is 6.92 Å². The number of carbonyl (C=O) groups excluding carboxylic acids is 1. The van der Waals surface area contributed by atoms with Crippen LogP contribution in [-0.4, -0.2) is 11.4 Å². The normalized spacial score (nSPS) is 22.4. The zero-order valence-corrected chi connectivity index (χ0v) is 16.5. The number of carbonyl (C=O) groups is 1. The van der Waals surface area contributed by atoms with Gasteiger partial charge in [0.2, 0.25) is 0 Å². The number of aliphatic hydroxyl groups is 1. The van der Waals surface area contributed by atoms with Crippen molar-refractivity contribution in [2.75, 3.05) is 0 Å². The summed E-state index contributed by atoms with van der Waals surface area (Å²) in [6, 6.07) is 6.90. The minimum atomic E-state index is -0.862. The number of hydrogen-bond donors (Lipinski definition) is 1. The molecule has 1 aromatic rings. The van der Waals surface area contributed by atoms with Gasteiger partial charge in [-0.1, -0.05) is 56.3 Å². The van der Waals surface area contributed by atoms with Crippen LogP contribution in [0.25, 0.3) is 5.57 Å². The molecule has 0 amide bonds. The number of aldehydes is 1. The zero-order chi connectivity index (χ0) is 20.5. The maximum Gasteiger partial charge on any atom is 0.162 e. The molecule has 1 aliphatic rings. The predicted molar refractivity (Wildman–Crippen MR) is 110 cm³/mol. The lowest BCUT2D eigenvalue weighted by molar-refractivity contribution is -0.112. The maximum absolute atomic E-state index is 14.9. The van der Waals surface area contributed by atoms with Crippen LogP contribution in [0.3, 0.4) is 0 Å². The number of hydrogen-bond acceptors (Lipinski definition) is 2. The smallest absolute Gasteiger partial charge is 0.162 e. The lowest BCUT2D eigenvalue weighted by atomic mass is 9.81. The van der Waals surface area contributed by atoms with Crippen LogP contribution < -0.4 is 0 Å². The minimum Gasteiger partial charge on any atom is -0.388 e. The third kappa shape index (κ3) is 5.96. The fourth-order valence-electron chi connectivity index (χ4n) is 3.76. The van der Waals surface area contributed by atoms with Gasteiger partial charge in [0.1, 0.15) is 12.1 Å². The molecule has 0 radical (unpaired) electrons. The highest BCUT2D eigenvalue weighted by Gasteiger charge is 2.24. The van der Waals surface area contributed by atoms with Crippen molar-refractivity contribution in [2.24, 2.45) is 11.8 Å². The predicted octanol–water partition coefficient (Wildman–Crippen LogP) is 6.64. The summed E-state index contributed by atoms with van der Waals surface area (Å²) < 4.78 is 29.5. The van der Waals surface area contributed by atoms with Gasteiger partial charge in [-0.15, -0.1) is 0 Å².